The summed E-state index contributed by atoms with van der Waals surface area (Å²) < 4.78 is 2.33. The van der Waals surface area contributed by atoms with Crippen LogP contribution in [0, 0.1) is 5.92 Å². The molecule has 1 aromatic carbocycles. The monoisotopic (exact) mass is 270 g/mol. The van der Waals surface area contributed by atoms with Gasteiger partial charge in [-0.2, -0.15) is 0 Å². The van der Waals surface area contributed by atoms with Crippen LogP contribution in [0.5, 0.6) is 0 Å². The van der Waals surface area contributed by atoms with Crippen molar-refractivity contribution < 1.29 is 9.90 Å². The average Bonchev–Trinajstić information content (AvgIpc) is 3.16. The van der Waals surface area contributed by atoms with Crippen molar-refractivity contribution >= 4 is 17.0 Å². The summed E-state index contributed by atoms with van der Waals surface area (Å²) in [7, 11) is 0. The fourth-order valence-corrected chi connectivity index (χ4v) is 3.33. The molecule has 0 unspecified atom stereocenters. The first-order valence-electron chi connectivity index (χ1n) is 7.38. The van der Waals surface area contributed by atoms with E-state index in [0.29, 0.717) is 17.5 Å². The molecule has 0 spiro atoms. The zero-order valence-electron chi connectivity index (χ0n) is 11.5. The molecule has 1 N–H and O–H groups in total. The molecular weight excluding hydrogens is 252 g/mol. The van der Waals surface area contributed by atoms with E-state index >= 15 is 0 Å². The lowest BCUT2D eigenvalue weighted by Gasteiger charge is -2.35. The molecule has 4 heteroatoms. The van der Waals surface area contributed by atoms with Gasteiger partial charge in [0.05, 0.1) is 16.6 Å². The minimum Gasteiger partial charge on any atom is -0.478 e. The molecular formula is C16H18N2O2. The summed E-state index contributed by atoms with van der Waals surface area (Å²) in [6, 6.07) is 5.81. The van der Waals surface area contributed by atoms with Crippen molar-refractivity contribution in [2.24, 2.45) is 5.92 Å². The highest BCUT2D eigenvalue weighted by Gasteiger charge is 2.35. The average molecular weight is 270 g/mol. The molecule has 2 aliphatic rings. The molecule has 0 radical (unpaired) electrons. The number of imidazole rings is 1. The zero-order valence-corrected chi connectivity index (χ0v) is 11.5. The van der Waals surface area contributed by atoms with Crippen LogP contribution < -0.4 is 0 Å². The number of rotatable bonds is 3. The SMILES string of the molecule is CC1CC(n2c(C3CC3)nc3ccc(C(=O)O)cc32)C1. The molecule has 104 valence electrons. The molecule has 0 amide bonds. The Morgan fingerprint density at radius 2 is 2.10 bits per heavy atom. The highest BCUT2D eigenvalue weighted by Crippen LogP contribution is 2.46. The van der Waals surface area contributed by atoms with Gasteiger partial charge in [0.25, 0.3) is 0 Å². The van der Waals surface area contributed by atoms with Crippen LogP contribution in [0.25, 0.3) is 11.0 Å². The van der Waals surface area contributed by atoms with Gasteiger partial charge in [-0.15, -0.1) is 0 Å². The van der Waals surface area contributed by atoms with Gasteiger partial charge in [0.1, 0.15) is 5.82 Å². The largest absolute Gasteiger partial charge is 0.478 e. The molecule has 0 saturated heterocycles. The summed E-state index contributed by atoms with van der Waals surface area (Å²) in [5, 5.41) is 9.19. The molecule has 2 aromatic rings. The topological polar surface area (TPSA) is 55.1 Å². The molecule has 0 aliphatic heterocycles. The van der Waals surface area contributed by atoms with Gasteiger partial charge in [-0.05, 0) is 49.8 Å². The lowest BCUT2D eigenvalue weighted by atomic mass is 9.81. The van der Waals surface area contributed by atoms with Crippen LogP contribution in [-0.2, 0) is 0 Å². The highest BCUT2D eigenvalue weighted by molar-refractivity contribution is 5.92. The number of carboxylic acids is 1. The number of nitrogens with zero attached hydrogens (tertiary/aromatic N) is 2. The number of benzene rings is 1. The first kappa shape index (κ1) is 11.9. The maximum absolute atomic E-state index is 11.2. The molecule has 0 bridgehead atoms. The molecule has 4 nitrogen and oxygen atoms in total. The van der Waals surface area contributed by atoms with Gasteiger partial charge < -0.3 is 9.67 Å². The van der Waals surface area contributed by atoms with Crippen molar-refractivity contribution in [3.05, 3.63) is 29.6 Å². The van der Waals surface area contributed by atoms with Crippen LogP contribution in [0.3, 0.4) is 0 Å². The van der Waals surface area contributed by atoms with Crippen LogP contribution in [0.4, 0.5) is 0 Å². The minimum atomic E-state index is -0.866. The predicted octanol–water partition coefficient (Wildman–Crippen LogP) is 3.58. The number of carboxylic acid groups (broad SMARTS) is 1. The van der Waals surface area contributed by atoms with E-state index in [1.54, 1.807) is 12.1 Å². The smallest absolute Gasteiger partial charge is 0.335 e. The molecule has 2 aliphatic carbocycles. The fraction of sp³-hybridized carbons (Fsp3) is 0.500. The minimum absolute atomic E-state index is 0.355. The third-order valence-corrected chi connectivity index (χ3v) is 4.62. The molecule has 0 atom stereocenters. The van der Waals surface area contributed by atoms with Crippen LogP contribution in [-0.4, -0.2) is 20.6 Å². The lowest BCUT2D eigenvalue weighted by Crippen LogP contribution is -2.26. The number of fused-ring (bicyclic) bond motifs is 1. The van der Waals surface area contributed by atoms with E-state index < -0.39 is 5.97 Å². The number of hydrogen-bond acceptors (Lipinski definition) is 2. The second-order valence-corrected chi connectivity index (χ2v) is 6.35. The van der Waals surface area contributed by atoms with E-state index in [9.17, 15) is 9.90 Å². The molecule has 2 saturated carbocycles. The Balaban J connectivity index is 1.88. The summed E-state index contributed by atoms with van der Waals surface area (Å²) in [4.78, 5) is 16.0. The van der Waals surface area contributed by atoms with Crippen molar-refractivity contribution in [2.45, 2.75) is 44.6 Å². The lowest BCUT2D eigenvalue weighted by molar-refractivity contribution is 0.0697. The Bertz CT molecular complexity index is 694. The van der Waals surface area contributed by atoms with Crippen molar-refractivity contribution in [2.75, 3.05) is 0 Å². The highest BCUT2D eigenvalue weighted by atomic mass is 16.4. The fourth-order valence-electron chi connectivity index (χ4n) is 3.33. The number of hydrogen-bond donors (Lipinski definition) is 1. The number of carbonyl (C=O) groups is 1. The first-order valence-corrected chi connectivity index (χ1v) is 7.38. The zero-order chi connectivity index (χ0) is 13.9. The van der Waals surface area contributed by atoms with Crippen LogP contribution in [0.15, 0.2) is 18.2 Å². The Labute approximate surface area is 117 Å². The number of aromatic carboxylic acids is 1. The standard InChI is InChI=1S/C16H18N2O2/c1-9-6-12(7-9)18-14-8-11(16(19)20)4-5-13(14)17-15(18)10-2-3-10/h4-5,8-10,12H,2-3,6-7H2,1H3,(H,19,20). The van der Waals surface area contributed by atoms with E-state index in [4.69, 9.17) is 4.98 Å². The maximum atomic E-state index is 11.2. The summed E-state index contributed by atoms with van der Waals surface area (Å²) in [6.07, 6.45) is 4.81. The van der Waals surface area contributed by atoms with Crippen molar-refractivity contribution in [3.8, 4) is 0 Å². The van der Waals surface area contributed by atoms with Crippen LogP contribution >= 0.6 is 0 Å². The first-order chi connectivity index (χ1) is 9.63. The van der Waals surface area contributed by atoms with Crippen LogP contribution in [0.2, 0.25) is 0 Å². The quantitative estimate of drug-likeness (QED) is 0.927. The third kappa shape index (κ3) is 1.74. The Kier molecular flexibility index (Phi) is 2.43. The normalized spacial score (nSPS) is 25.6. The maximum Gasteiger partial charge on any atom is 0.335 e. The summed E-state index contributed by atoms with van der Waals surface area (Å²) in [5.41, 5.74) is 2.30. The van der Waals surface area contributed by atoms with Gasteiger partial charge in [-0.25, -0.2) is 9.78 Å². The van der Waals surface area contributed by atoms with E-state index in [1.807, 2.05) is 6.07 Å². The second-order valence-electron chi connectivity index (χ2n) is 6.35. The van der Waals surface area contributed by atoms with Crippen molar-refractivity contribution in [3.63, 3.8) is 0 Å². The van der Waals surface area contributed by atoms with Gasteiger partial charge in [0.2, 0.25) is 0 Å². The van der Waals surface area contributed by atoms with Crippen LogP contribution in [0.1, 0.15) is 60.7 Å². The van der Waals surface area contributed by atoms with E-state index in [-0.39, 0.29) is 0 Å². The Morgan fingerprint density at radius 3 is 2.70 bits per heavy atom. The number of aromatic nitrogens is 2. The molecule has 1 heterocycles. The van der Waals surface area contributed by atoms with Gasteiger partial charge in [0, 0.05) is 12.0 Å². The van der Waals surface area contributed by atoms with Gasteiger partial charge >= 0.3 is 5.97 Å². The van der Waals surface area contributed by atoms with Crippen molar-refractivity contribution in [1.29, 1.82) is 0 Å². The molecule has 20 heavy (non-hydrogen) atoms. The Morgan fingerprint density at radius 1 is 1.35 bits per heavy atom. The van der Waals surface area contributed by atoms with E-state index in [2.05, 4.69) is 11.5 Å². The van der Waals surface area contributed by atoms with E-state index in [0.717, 1.165) is 17.0 Å². The second kappa shape index (κ2) is 4.08. The predicted molar refractivity (Wildman–Crippen MR) is 76.1 cm³/mol. The summed E-state index contributed by atoms with van der Waals surface area (Å²) >= 11 is 0. The van der Waals surface area contributed by atoms with Crippen molar-refractivity contribution in [1.82, 2.24) is 9.55 Å². The van der Waals surface area contributed by atoms with Gasteiger partial charge in [-0.3, -0.25) is 0 Å². The Hall–Kier alpha value is -1.84. The van der Waals surface area contributed by atoms with E-state index in [1.165, 1.54) is 31.5 Å². The molecule has 4 rings (SSSR count). The molecule has 1 aromatic heterocycles. The van der Waals surface area contributed by atoms with Gasteiger partial charge in [0.15, 0.2) is 0 Å². The summed E-state index contributed by atoms with van der Waals surface area (Å²) in [6.45, 7) is 2.27. The van der Waals surface area contributed by atoms with Gasteiger partial charge in [-0.1, -0.05) is 6.92 Å². The molecule has 2 fully saturated rings. The third-order valence-electron chi connectivity index (χ3n) is 4.62. The summed E-state index contributed by atoms with van der Waals surface area (Å²) in [5.74, 6) is 1.67.